The van der Waals surface area contributed by atoms with Gasteiger partial charge < -0.3 is 25.0 Å². The molecule has 2 N–H and O–H groups in total. The maximum absolute atomic E-state index is 12.0. The van der Waals surface area contributed by atoms with E-state index in [1.807, 2.05) is 46.7 Å². The van der Waals surface area contributed by atoms with Crippen LogP contribution in [0.1, 0.15) is 40.5 Å². The summed E-state index contributed by atoms with van der Waals surface area (Å²) in [6, 6.07) is 0. The van der Waals surface area contributed by atoms with Crippen molar-refractivity contribution >= 4 is 6.09 Å². The molecule has 1 fully saturated rings. The van der Waals surface area contributed by atoms with Crippen LogP contribution in [0.15, 0.2) is 0 Å². The summed E-state index contributed by atoms with van der Waals surface area (Å²) >= 11 is 0. The van der Waals surface area contributed by atoms with Crippen molar-refractivity contribution in [1.82, 2.24) is 15.1 Å². The Bertz CT molecular complexity index is 370. The molecule has 1 aliphatic heterocycles. The van der Waals surface area contributed by atoms with Gasteiger partial charge in [0.05, 0.1) is 5.60 Å². The Hall–Kier alpha value is -0.850. The van der Waals surface area contributed by atoms with E-state index < -0.39 is 11.2 Å². The number of hydrogen-bond donors (Lipinski definition) is 2. The second kappa shape index (κ2) is 8.31. The Balaban J connectivity index is 2.25. The first-order valence-corrected chi connectivity index (χ1v) is 8.54. The van der Waals surface area contributed by atoms with Crippen LogP contribution >= 0.6 is 0 Å². The fourth-order valence-corrected chi connectivity index (χ4v) is 2.93. The second-order valence-electron chi connectivity index (χ2n) is 8.28. The van der Waals surface area contributed by atoms with Crippen molar-refractivity contribution in [3.05, 3.63) is 0 Å². The first-order chi connectivity index (χ1) is 10.5. The number of likely N-dealkylation sites (N-methyl/N-ethyl adjacent to an activating group) is 1. The first-order valence-electron chi connectivity index (χ1n) is 8.54. The van der Waals surface area contributed by atoms with Crippen molar-refractivity contribution in [3.8, 4) is 0 Å². The number of ether oxygens (including phenoxy) is 1. The van der Waals surface area contributed by atoms with E-state index in [1.165, 1.54) is 0 Å². The van der Waals surface area contributed by atoms with E-state index in [9.17, 15) is 9.90 Å². The second-order valence-corrected chi connectivity index (χ2v) is 8.28. The van der Waals surface area contributed by atoms with Crippen LogP contribution < -0.4 is 5.32 Å². The van der Waals surface area contributed by atoms with E-state index in [0.717, 1.165) is 32.5 Å². The van der Waals surface area contributed by atoms with E-state index >= 15 is 0 Å². The molecule has 6 nitrogen and oxygen atoms in total. The summed E-state index contributed by atoms with van der Waals surface area (Å²) in [4.78, 5) is 15.8. The van der Waals surface area contributed by atoms with Gasteiger partial charge in [-0.1, -0.05) is 0 Å². The smallest absolute Gasteiger partial charge is 0.410 e. The van der Waals surface area contributed by atoms with Gasteiger partial charge in [-0.25, -0.2) is 4.79 Å². The molecule has 0 radical (unpaired) electrons. The van der Waals surface area contributed by atoms with Gasteiger partial charge >= 0.3 is 6.09 Å². The quantitative estimate of drug-likeness (QED) is 0.774. The minimum atomic E-state index is -0.722. The summed E-state index contributed by atoms with van der Waals surface area (Å²) in [7, 11) is 3.92. The predicted molar refractivity (Wildman–Crippen MR) is 92.6 cm³/mol. The third-order valence-corrected chi connectivity index (χ3v) is 3.86. The molecule has 0 aliphatic carbocycles. The van der Waals surface area contributed by atoms with Gasteiger partial charge in [-0.05, 0) is 67.1 Å². The lowest BCUT2D eigenvalue weighted by Crippen LogP contribution is -2.47. The summed E-state index contributed by atoms with van der Waals surface area (Å²) in [6.45, 7) is 11.1. The van der Waals surface area contributed by atoms with E-state index in [4.69, 9.17) is 4.74 Å². The van der Waals surface area contributed by atoms with Gasteiger partial charge in [-0.3, -0.25) is 0 Å². The molecule has 0 aromatic heterocycles. The van der Waals surface area contributed by atoms with Gasteiger partial charge in [0.15, 0.2) is 0 Å². The highest BCUT2D eigenvalue weighted by Gasteiger charge is 2.27. The maximum Gasteiger partial charge on any atom is 0.410 e. The zero-order chi connectivity index (χ0) is 17.7. The molecule has 1 atom stereocenters. The van der Waals surface area contributed by atoms with Gasteiger partial charge in [0.1, 0.15) is 5.60 Å². The number of carbonyl (C=O) groups excluding carboxylic acids is 1. The van der Waals surface area contributed by atoms with Crippen LogP contribution in [0, 0.1) is 5.92 Å². The van der Waals surface area contributed by atoms with Crippen LogP contribution in [-0.2, 0) is 4.74 Å². The monoisotopic (exact) mass is 329 g/mol. The van der Waals surface area contributed by atoms with E-state index in [1.54, 1.807) is 4.90 Å². The molecule has 1 rings (SSSR count). The van der Waals surface area contributed by atoms with Crippen molar-refractivity contribution in [3.63, 3.8) is 0 Å². The molecule has 0 spiro atoms. The van der Waals surface area contributed by atoms with Crippen LogP contribution in [0.2, 0.25) is 0 Å². The Labute approximate surface area is 141 Å². The fraction of sp³-hybridized carbons (Fsp3) is 0.941. The molecular weight excluding hydrogens is 294 g/mol. The number of likely N-dealkylation sites (tertiary alicyclic amines) is 1. The number of hydrogen-bond acceptors (Lipinski definition) is 5. The van der Waals surface area contributed by atoms with Crippen LogP contribution in [0.4, 0.5) is 4.79 Å². The third kappa shape index (κ3) is 8.53. The number of nitrogens with zero attached hydrogens (tertiary/aromatic N) is 2. The number of amides is 1. The summed E-state index contributed by atoms with van der Waals surface area (Å²) in [6.07, 6.45) is 1.74. The predicted octanol–water partition coefficient (Wildman–Crippen LogP) is 1.54. The zero-order valence-corrected chi connectivity index (χ0v) is 15.7. The summed E-state index contributed by atoms with van der Waals surface area (Å²) in [5, 5.41) is 13.6. The number of rotatable bonds is 6. The van der Waals surface area contributed by atoms with Gasteiger partial charge in [-0.15, -0.1) is 0 Å². The number of piperidine rings is 1. The van der Waals surface area contributed by atoms with Gasteiger partial charge in [0.25, 0.3) is 0 Å². The molecule has 0 aromatic rings. The van der Waals surface area contributed by atoms with Crippen LogP contribution in [-0.4, -0.2) is 79.0 Å². The van der Waals surface area contributed by atoms with Crippen molar-refractivity contribution in [2.75, 3.05) is 46.8 Å². The molecule has 1 amide bonds. The van der Waals surface area contributed by atoms with Crippen molar-refractivity contribution in [1.29, 1.82) is 0 Å². The summed E-state index contributed by atoms with van der Waals surface area (Å²) < 4.78 is 5.41. The average molecular weight is 329 g/mol. The molecule has 6 heteroatoms. The van der Waals surface area contributed by atoms with E-state index in [0.29, 0.717) is 19.0 Å². The van der Waals surface area contributed by atoms with Gasteiger partial charge in [0.2, 0.25) is 0 Å². The molecule has 0 aromatic carbocycles. The molecule has 0 saturated carbocycles. The van der Waals surface area contributed by atoms with Crippen LogP contribution in [0.25, 0.3) is 0 Å². The molecule has 0 bridgehead atoms. The lowest BCUT2D eigenvalue weighted by molar-refractivity contribution is 0.0174. The Morgan fingerprint density at radius 3 is 2.30 bits per heavy atom. The van der Waals surface area contributed by atoms with Gasteiger partial charge in [0, 0.05) is 26.2 Å². The van der Waals surface area contributed by atoms with Crippen LogP contribution in [0.3, 0.4) is 0 Å². The van der Waals surface area contributed by atoms with E-state index in [-0.39, 0.29) is 6.09 Å². The third-order valence-electron chi connectivity index (χ3n) is 3.86. The van der Waals surface area contributed by atoms with Crippen molar-refractivity contribution < 1.29 is 14.6 Å². The highest BCUT2D eigenvalue weighted by atomic mass is 16.6. The minimum absolute atomic E-state index is 0.210. The molecule has 1 saturated heterocycles. The summed E-state index contributed by atoms with van der Waals surface area (Å²) in [5.41, 5.74) is -1.16. The first kappa shape index (κ1) is 20.2. The topological polar surface area (TPSA) is 65.0 Å². The van der Waals surface area contributed by atoms with Crippen LogP contribution in [0.5, 0.6) is 0 Å². The lowest BCUT2D eigenvalue weighted by atomic mass is 9.96. The lowest BCUT2D eigenvalue weighted by Gasteiger charge is -2.34. The molecule has 1 heterocycles. The SMILES string of the molecule is CN(C)CC(C)(O)CNCC1CCN(C(=O)OC(C)(C)C)CC1. The van der Waals surface area contributed by atoms with Gasteiger partial charge in [-0.2, -0.15) is 0 Å². The Kier molecular flexibility index (Phi) is 7.29. The molecule has 23 heavy (non-hydrogen) atoms. The standard InChI is InChI=1S/C17H35N3O3/c1-16(2,3)23-15(21)20-9-7-14(8-10-20)11-18-12-17(4,22)13-19(5)6/h14,18,22H,7-13H2,1-6H3. The minimum Gasteiger partial charge on any atom is -0.444 e. The average Bonchev–Trinajstić information content (AvgIpc) is 2.35. The highest BCUT2D eigenvalue weighted by Crippen LogP contribution is 2.19. The Morgan fingerprint density at radius 1 is 1.26 bits per heavy atom. The molecular formula is C17H35N3O3. The molecule has 1 unspecified atom stereocenters. The highest BCUT2D eigenvalue weighted by molar-refractivity contribution is 5.68. The maximum atomic E-state index is 12.0. The Morgan fingerprint density at radius 2 is 1.83 bits per heavy atom. The van der Waals surface area contributed by atoms with Crippen molar-refractivity contribution in [2.24, 2.45) is 5.92 Å². The van der Waals surface area contributed by atoms with E-state index in [2.05, 4.69) is 5.32 Å². The number of carbonyl (C=O) groups is 1. The largest absolute Gasteiger partial charge is 0.444 e. The summed E-state index contributed by atoms with van der Waals surface area (Å²) in [5.74, 6) is 0.545. The van der Waals surface area contributed by atoms with Crippen molar-refractivity contribution in [2.45, 2.75) is 51.7 Å². The normalized spacial score (nSPS) is 19.7. The number of aliphatic hydroxyl groups is 1. The number of nitrogens with one attached hydrogen (secondary N) is 1. The molecule has 136 valence electrons. The fourth-order valence-electron chi connectivity index (χ4n) is 2.93. The zero-order valence-electron chi connectivity index (χ0n) is 15.7. The molecule has 1 aliphatic rings.